The van der Waals surface area contributed by atoms with Crippen LogP contribution in [0.4, 0.5) is 13.2 Å². The van der Waals surface area contributed by atoms with Gasteiger partial charge in [-0.05, 0) is 36.8 Å². The number of rotatable bonds is 8. The highest BCUT2D eigenvalue weighted by Crippen LogP contribution is 2.29. The van der Waals surface area contributed by atoms with Gasteiger partial charge in [-0.25, -0.2) is 0 Å². The third-order valence-electron chi connectivity index (χ3n) is 4.20. The lowest BCUT2D eigenvalue weighted by atomic mass is 10.1. The van der Waals surface area contributed by atoms with Crippen molar-refractivity contribution in [2.24, 2.45) is 5.16 Å². The highest BCUT2D eigenvalue weighted by Gasteiger charge is 2.38. The van der Waals surface area contributed by atoms with Crippen LogP contribution in [0.3, 0.4) is 0 Å². The zero-order chi connectivity index (χ0) is 23.1. The van der Waals surface area contributed by atoms with Gasteiger partial charge in [0.2, 0.25) is 5.82 Å². The maximum Gasteiger partial charge on any atom is 0.471 e. The molecule has 1 N–H and O–H groups in total. The summed E-state index contributed by atoms with van der Waals surface area (Å²) >= 11 is 5.82. The molecule has 0 aliphatic carbocycles. The van der Waals surface area contributed by atoms with Gasteiger partial charge in [0.05, 0.1) is 0 Å². The van der Waals surface area contributed by atoms with Crippen molar-refractivity contribution < 1.29 is 27.3 Å². The fourth-order valence-electron chi connectivity index (χ4n) is 2.54. The number of carbonyl (C=O) groups excluding carboxylic acids is 1. The summed E-state index contributed by atoms with van der Waals surface area (Å²) in [7, 11) is 0. The van der Waals surface area contributed by atoms with Gasteiger partial charge >= 0.3 is 12.1 Å². The van der Waals surface area contributed by atoms with Gasteiger partial charge in [-0.2, -0.15) is 18.2 Å². The van der Waals surface area contributed by atoms with E-state index in [4.69, 9.17) is 16.4 Å². The van der Waals surface area contributed by atoms with Crippen molar-refractivity contribution in [1.82, 2.24) is 15.5 Å². The zero-order valence-electron chi connectivity index (χ0n) is 16.8. The summed E-state index contributed by atoms with van der Waals surface area (Å²) in [4.78, 5) is 20.9. The Balaban J connectivity index is 1.46. The molecular weight excluding hydrogens is 449 g/mol. The Labute approximate surface area is 186 Å². The van der Waals surface area contributed by atoms with E-state index in [9.17, 15) is 18.0 Å². The third-order valence-corrected chi connectivity index (χ3v) is 4.46. The molecule has 7 nitrogen and oxygen atoms in total. The summed E-state index contributed by atoms with van der Waals surface area (Å²) in [5, 5.41) is 10.6. The van der Waals surface area contributed by atoms with Crippen LogP contribution in [0.1, 0.15) is 35.2 Å². The molecule has 1 amide bonds. The normalized spacial score (nSPS) is 12.7. The van der Waals surface area contributed by atoms with Crippen molar-refractivity contribution >= 4 is 23.7 Å². The van der Waals surface area contributed by atoms with Crippen molar-refractivity contribution in [1.29, 1.82) is 0 Å². The molecule has 0 aliphatic heterocycles. The van der Waals surface area contributed by atoms with Crippen LogP contribution in [0.2, 0.25) is 5.02 Å². The number of halogens is 4. The van der Waals surface area contributed by atoms with Crippen molar-refractivity contribution in [3.05, 3.63) is 70.6 Å². The summed E-state index contributed by atoms with van der Waals surface area (Å²) in [6.07, 6.45) is -2.72. The summed E-state index contributed by atoms with van der Waals surface area (Å²) in [5.41, 5.74) is 1.54. The maximum absolute atomic E-state index is 12.6. The van der Waals surface area contributed by atoms with Crippen LogP contribution in [0, 0.1) is 0 Å². The predicted octanol–water partition coefficient (Wildman–Crippen LogP) is 5.12. The Kier molecular flexibility index (Phi) is 7.47. The van der Waals surface area contributed by atoms with E-state index >= 15 is 0 Å². The predicted molar refractivity (Wildman–Crippen MR) is 111 cm³/mol. The first-order valence-corrected chi connectivity index (χ1v) is 9.80. The van der Waals surface area contributed by atoms with Crippen molar-refractivity contribution in [3.63, 3.8) is 0 Å². The Morgan fingerprint density at radius 1 is 1.22 bits per heavy atom. The number of oxime groups is 1. The second-order valence-electron chi connectivity index (χ2n) is 6.80. The molecule has 168 valence electrons. The molecule has 0 saturated heterocycles. The van der Waals surface area contributed by atoms with Crippen LogP contribution in [-0.4, -0.2) is 28.3 Å². The molecule has 0 aliphatic rings. The van der Waals surface area contributed by atoms with Crippen LogP contribution in [0.25, 0.3) is 11.4 Å². The van der Waals surface area contributed by atoms with Gasteiger partial charge in [0.25, 0.3) is 5.91 Å². The van der Waals surface area contributed by atoms with Crippen molar-refractivity contribution in [3.8, 4) is 11.4 Å². The first-order valence-electron chi connectivity index (χ1n) is 9.43. The molecule has 0 bridgehead atoms. The van der Waals surface area contributed by atoms with E-state index in [2.05, 4.69) is 25.1 Å². The maximum atomic E-state index is 12.6. The monoisotopic (exact) mass is 466 g/mol. The van der Waals surface area contributed by atoms with Gasteiger partial charge in [0.15, 0.2) is 0 Å². The lowest BCUT2D eigenvalue weighted by Crippen LogP contribution is -2.32. The average molecular weight is 467 g/mol. The number of aromatic nitrogens is 2. The van der Waals surface area contributed by atoms with E-state index in [0.29, 0.717) is 29.2 Å². The molecule has 0 fully saturated rings. The summed E-state index contributed by atoms with van der Waals surface area (Å²) in [6, 6.07) is 12.8. The standard InChI is InChI=1S/C21H18ClF3N4O3/c1-13(10-11-26-31-12-14-2-8-17(22)9-3-14)27-19(30)16-6-4-15(5-7-16)18-28-20(32-29-18)21(23,24)25/h2-9,11,13H,10,12H2,1H3,(H,27,30)/b26-11-. The first-order chi connectivity index (χ1) is 15.2. The number of hydrogen-bond donors (Lipinski definition) is 1. The largest absolute Gasteiger partial charge is 0.471 e. The number of hydrogen-bond acceptors (Lipinski definition) is 6. The molecule has 1 aromatic heterocycles. The molecule has 0 radical (unpaired) electrons. The van der Waals surface area contributed by atoms with Gasteiger partial charge in [0, 0.05) is 34.8 Å². The van der Waals surface area contributed by atoms with Crippen molar-refractivity contribution in [2.75, 3.05) is 0 Å². The average Bonchev–Trinajstić information content (AvgIpc) is 3.26. The quantitative estimate of drug-likeness (QED) is 0.367. The second-order valence-corrected chi connectivity index (χ2v) is 7.23. The second kappa shape index (κ2) is 10.3. The number of nitrogens with one attached hydrogen (secondary N) is 1. The van der Waals surface area contributed by atoms with Gasteiger partial charge in [-0.3, -0.25) is 4.79 Å². The smallest absolute Gasteiger partial charge is 0.391 e. The zero-order valence-corrected chi connectivity index (χ0v) is 17.5. The molecule has 1 unspecified atom stereocenters. The van der Waals surface area contributed by atoms with Crippen LogP contribution >= 0.6 is 11.6 Å². The molecule has 11 heteroatoms. The summed E-state index contributed by atoms with van der Waals surface area (Å²) < 4.78 is 41.9. The van der Waals surface area contributed by atoms with E-state index in [-0.39, 0.29) is 17.8 Å². The van der Waals surface area contributed by atoms with E-state index in [0.717, 1.165) is 5.56 Å². The minimum absolute atomic E-state index is 0.215. The molecule has 1 heterocycles. The number of benzene rings is 2. The number of alkyl halides is 3. The van der Waals surface area contributed by atoms with Crippen molar-refractivity contribution in [2.45, 2.75) is 32.2 Å². The highest BCUT2D eigenvalue weighted by molar-refractivity contribution is 6.30. The van der Waals surface area contributed by atoms with Gasteiger partial charge in [-0.1, -0.05) is 46.2 Å². The van der Waals surface area contributed by atoms with E-state index in [1.54, 1.807) is 25.3 Å². The Morgan fingerprint density at radius 3 is 2.53 bits per heavy atom. The van der Waals surface area contributed by atoms with Crippen LogP contribution in [0.15, 0.2) is 58.2 Å². The molecule has 1 atom stereocenters. The Hall–Kier alpha value is -3.40. The summed E-state index contributed by atoms with van der Waals surface area (Å²) in [6.45, 7) is 2.10. The number of nitrogens with zero attached hydrogens (tertiary/aromatic N) is 3. The van der Waals surface area contributed by atoms with Gasteiger partial charge in [0.1, 0.15) is 6.61 Å². The van der Waals surface area contributed by atoms with Crippen LogP contribution in [-0.2, 0) is 17.6 Å². The van der Waals surface area contributed by atoms with Crippen LogP contribution in [0.5, 0.6) is 0 Å². The third kappa shape index (κ3) is 6.55. The molecule has 3 aromatic rings. The minimum Gasteiger partial charge on any atom is -0.391 e. The topological polar surface area (TPSA) is 89.6 Å². The number of amides is 1. The van der Waals surface area contributed by atoms with E-state index in [1.165, 1.54) is 24.3 Å². The SMILES string of the molecule is CC(C/C=N\OCc1ccc(Cl)cc1)NC(=O)c1ccc(-c2noc(C(F)(F)F)n2)cc1. The lowest BCUT2D eigenvalue weighted by Gasteiger charge is -2.11. The fourth-order valence-corrected chi connectivity index (χ4v) is 2.66. The van der Waals surface area contributed by atoms with Gasteiger partial charge in [-0.15, -0.1) is 0 Å². The van der Waals surface area contributed by atoms with E-state index in [1.807, 2.05) is 12.1 Å². The highest BCUT2D eigenvalue weighted by atomic mass is 35.5. The fraction of sp³-hybridized carbons (Fsp3) is 0.238. The number of carbonyl (C=O) groups is 1. The molecule has 32 heavy (non-hydrogen) atoms. The van der Waals surface area contributed by atoms with E-state index < -0.39 is 12.1 Å². The molecule has 3 rings (SSSR count). The molecular formula is C21H18ClF3N4O3. The lowest BCUT2D eigenvalue weighted by molar-refractivity contribution is -0.159. The first kappa shape index (κ1) is 23.3. The molecule has 0 saturated carbocycles. The van der Waals surface area contributed by atoms with Gasteiger partial charge < -0.3 is 14.7 Å². The molecule has 0 spiro atoms. The Bertz CT molecular complexity index is 1070. The minimum atomic E-state index is -4.72. The Morgan fingerprint density at radius 2 is 1.91 bits per heavy atom. The van der Waals surface area contributed by atoms with Crippen LogP contribution < -0.4 is 5.32 Å². The molecule has 2 aromatic carbocycles. The summed E-state index contributed by atoms with van der Waals surface area (Å²) in [5.74, 6) is -1.99.